The van der Waals surface area contributed by atoms with Crippen molar-refractivity contribution in [3.63, 3.8) is 0 Å². The van der Waals surface area contributed by atoms with Crippen LogP contribution in [-0.4, -0.2) is 65.6 Å². The van der Waals surface area contributed by atoms with Gasteiger partial charge in [0.05, 0.1) is 31.2 Å². The molecule has 0 amide bonds. The van der Waals surface area contributed by atoms with E-state index in [1.54, 1.807) is 17.6 Å². The van der Waals surface area contributed by atoms with Crippen molar-refractivity contribution in [1.82, 2.24) is 14.5 Å². The van der Waals surface area contributed by atoms with Crippen molar-refractivity contribution in [2.45, 2.75) is 30.3 Å². The minimum absolute atomic E-state index is 0.0675. The van der Waals surface area contributed by atoms with Crippen molar-refractivity contribution in [2.75, 3.05) is 40.0 Å². The minimum atomic E-state index is -0.437. The Morgan fingerprint density at radius 1 is 1.30 bits per heavy atom. The number of hydrogen-bond acceptors (Lipinski definition) is 7. The third-order valence-corrected chi connectivity index (χ3v) is 5.67. The van der Waals surface area contributed by atoms with E-state index in [4.69, 9.17) is 9.47 Å². The number of thioether (sulfide) groups is 1. The maximum Gasteiger partial charge on any atom is 0.318 e. The summed E-state index contributed by atoms with van der Waals surface area (Å²) in [6.45, 7) is 6.58. The minimum Gasteiger partial charge on any atom is -0.468 e. The Balaban J connectivity index is 1.83. The van der Waals surface area contributed by atoms with E-state index >= 15 is 0 Å². The summed E-state index contributed by atoms with van der Waals surface area (Å²) in [5, 5.41) is 0.714. The van der Waals surface area contributed by atoms with Crippen LogP contribution in [0.4, 0.5) is 0 Å². The number of rotatable bonds is 7. The largest absolute Gasteiger partial charge is 0.468 e. The van der Waals surface area contributed by atoms with E-state index in [-0.39, 0.29) is 11.5 Å². The highest BCUT2D eigenvalue weighted by molar-refractivity contribution is 8.00. The summed E-state index contributed by atoms with van der Waals surface area (Å²) in [7, 11) is 1.36. The summed E-state index contributed by atoms with van der Waals surface area (Å²) in [4.78, 5) is 31.8. The van der Waals surface area contributed by atoms with Crippen molar-refractivity contribution in [1.29, 1.82) is 0 Å². The molecular weight excluding hydrogens is 366 g/mol. The molecule has 7 nitrogen and oxygen atoms in total. The smallest absolute Gasteiger partial charge is 0.318 e. The molecule has 1 aromatic carbocycles. The SMILES string of the molecule is COC(=O)[C@@H](C)Sc1nc2ccccc2c(=O)n1CCCN1CCOCC1. The number of para-hydroxylation sites is 1. The van der Waals surface area contributed by atoms with Crippen LogP contribution < -0.4 is 5.56 Å². The third-order valence-electron chi connectivity index (χ3n) is 4.60. The number of hydrogen-bond donors (Lipinski definition) is 0. The molecule has 8 heteroatoms. The molecule has 1 aliphatic heterocycles. The van der Waals surface area contributed by atoms with Gasteiger partial charge in [0.25, 0.3) is 5.56 Å². The molecule has 146 valence electrons. The van der Waals surface area contributed by atoms with Gasteiger partial charge in [0, 0.05) is 26.2 Å². The van der Waals surface area contributed by atoms with Gasteiger partial charge in [-0.2, -0.15) is 0 Å². The van der Waals surface area contributed by atoms with Crippen LogP contribution in [0.3, 0.4) is 0 Å². The molecule has 0 spiro atoms. The van der Waals surface area contributed by atoms with Crippen molar-refractivity contribution in [3.05, 3.63) is 34.6 Å². The second-order valence-corrected chi connectivity index (χ2v) is 7.77. The lowest BCUT2D eigenvalue weighted by Gasteiger charge is -2.26. The Kier molecular flexibility index (Phi) is 6.87. The molecule has 0 aliphatic carbocycles. The summed E-state index contributed by atoms with van der Waals surface area (Å²) in [5.74, 6) is -0.331. The maximum atomic E-state index is 13.0. The summed E-state index contributed by atoms with van der Waals surface area (Å²) >= 11 is 1.26. The molecule has 0 bridgehead atoms. The molecule has 0 N–H and O–H groups in total. The highest BCUT2D eigenvalue weighted by atomic mass is 32.2. The normalized spacial score (nSPS) is 16.4. The predicted molar refractivity (Wildman–Crippen MR) is 105 cm³/mol. The number of methoxy groups -OCH3 is 1. The van der Waals surface area contributed by atoms with E-state index in [9.17, 15) is 9.59 Å². The summed E-state index contributed by atoms with van der Waals surface area (Å²) in [5.41, 5.74) is 0.577. The zero-order valence-electron chi connectivity index (χ0n) is 15.7. The first kappa shape index (κ1) is 19.9. The van der Waals surface area contributed by atoms with Gasteiger partial charge in [0.1, 0.15) is 5.25 Å². The lowest BCUT2D eigenvalue weighted by molar-refractivity contribution is -0.139. The number of aromatic nitrogens is 2. The van der Waals surface area contributed by atoms with Gasteiger partial charge in [-0.3, -0.25) is 19.1 Å². The van der Waals surface area contributed by atoms with E-state index in [0.29, 0.717) is 22.6 Å². The number of nitrogens with zero attached hydrogens (tertiary/aromatic N) is 3. The fourth-order valence-electron chi connectivity index (χ4n) is 3.08. The number of benzene rings is 1. The van der Waals surface area contributed by atoms with Gasteiger partial charge < -0.3 is 9.47 Å². The Bertz CT molecular complexity index is 848. The molecule has 0 saturated carbocycles. The zero-order valence-corrected chi connectivity index (χ0v) is 16.5. The van der Waals surface area contributed by atoms with Gasteiger partial charge in [0.15, 0.2) is 5.16 Å². The molecule has 1 atom stereocenters. The second kappa shape index (κ2) is 9.34. The molecule has 27 heavy (non-hydrogen) atoms. The standard InChI is InChI=1S/C19H25N3O4S/c1-14(18(24)25-2)27-19-20-16-7-4-3-6-15(16)17(23)22(19)9-5-8-21-10-12-26-13-11-21/h3-4,6-7,14H,5,8-13H2,1-2H3/t14-/m1/s1. The Hall–Kier alpha value is -1.90. The molecule has 1 aromatic heterocycles. The summed E-state index contributed by atoms with van der Waals surface area (Å²) in [6, 6.07) is 7.31. The monoisotopic (exact) mass is 391 g/mol. The molecule has 0 radical (unpaired) electrons. The quantitative estimate of drug-likeness (QED) is 0.405. The summed E-state index contributed by atoms with van der Waals surface area (Å²) < 4.78 is 11.9. The highest BCUT2D eigenvalue weighted by Crippen LogP contribution is 2.23. The van der Waals surface area contributed by atoms with Crippen molar-refractivity contribution in [3.8, 4) is 0 Å². The second-order valence-electron chi connectivity index (χ2n) is 6.46. The first-order valence-electron chi connectivity index (χ1n) is 9.14. The van der Waals surface area contributed by atoms with Gasteiger partial charge in [-0.25, -0.2) is 4.98 Å². The van der Waals surface area contributed by atoms with E-state index < -0.39 is 5.25 Å². The Morgan fingerprint density at radius 2 is 2.04 bits per heavy atom. The van der Waals surface area contributed by atoms with Gasteiger partial charge in [-0.15, -0.1) is 0 Å². The van der Waals surface area contributed by atoms with Crippen molar-refractivity contribution >= 4 is 28.6 Å². The third kappa shape index (κ3) is 4.88. The van der Waals surface area contributed by atoms with Crippen LogP contribution in [-0.2, 0) is 20.8 Å². The van der Waals surface area contributed by atoms with Crippen LogP contribution >= 0.6 is 11.8 Å². The van der Waals surface area contributed by atoms with E-state index in [1.165, 1.54) is 18.9 Å². The summed E-state index contributed by atoms with van der Waals surface area (Å²) in [6.07, 6.45) is 0.833. The predicted octanol–water partition coefficient (Wildman–Crippen LogP) is 1.77. The number of carbonyl (C=O) groups is 1. The lowest BCUT2D eigenvalue weighted by Crippen LogP contribution is -2.37. The van der Waals surface area contributed by atoms with Gasteiger partial charge in [0.2, 0.25) is 0 Å². The average Bonchev–Trinajstić information content (AvgIpc) is 2.70. The fourth-order valence-corrected chi connectivity index (χ4v) is 4.05. The maximum absolute atomic E-state index is 13.0. The fraction of sp³-hybridized carbons (Fsp3) is 0.526. The molecule has 2 heterocycles. The molecule has 1 aliphatic rings. The topological polar surface area (TPSA) is 73.7 Å². The Labute approximate surface area is 162 Å². The molecular formula is C19H25N3O4S. The molecule has 1 saturated heterocycles. The van der Waals surface area contributed by atoms with E-state index in [1.807, 2.05) is 18.2 Å². The number of morpholine rings is 1. The number of esters is 1. The molecule has 1 fully saturated rings. The number of carbonyl (C=O) groups excluding carboxylic acids is 1. The lowest BCUT2D eigenvalue weighted by atomic mass is 10.2. The zero-order chi connectivity index (χ0) is 19.2. The van der Waals surface area contributed by atoms with Gasteiger partial charge >= 0.3 is 5.97 Å². The van der Waals surface area contributed by atoms with E-state index in [0.717, 1.165) is 39.3 Å². The van der Waals surface area contributed by atoms with E-state index in [2.05, 4.69) is 9.88 Å². The average molecular weight is 391 g/mol. The van der Waals surface area contributed by atoms with Crippen LogP contribution in [0.2, 0.25) is 0 Å². The molecule has 0 unspecified atom stereocenters. The molecule has 3 rings (SSSR count). The van der Waals surface area contributed by atoms with Gasteiger partial charge in [-0.1, -0.05) is 23.9 Å². The van der Waals surface area contributed by atoms with Crippen LogP contribution in [0.25, 0.3) is 10.9 Å². The van der Waals surface area contributed by atoms with Gasteiger partial charge in [-0.05, 0) is 25.5 Å². The van der Waals surface area contributed by atoms with Crippen molar-refractivity contribution < 1.29 is 14.3 Å². The number of fused-ring (bicyclic) bond motifs is 1. The van der Waals surface area contributed by atoms with Crippen LogP contribution in [0.1, 0.15) is 13.3 Å². The first-order chi connectivity index (χ1) is 13.1. The van der Waals surface area contributed by atoms with Crippen LogP contribution in [0.15, 0.2) is 34.2 Å². The highest BCUT2D eigenvalue weighted by Gasteiger charge is 2.20. The number of ether oxygens (including phenoxy) is 2. The Morgan fingerprint density at radius 3 is 2.78 bits per heavy atom. The van der Waals surface area contributed by atoms with Crippen molar-refractivity contribution in [2.24, 2.45) is 0 Å². The van der Waals surface area contributed by atoms with Crippen LogP contribution in [0, 0.1) is 0 Å². The first-order valence-corrected chi connectivity index (χ1v) is 10.0. The van der Waals surface area contributed by atoms with Crippen LogP contribution in [0.5, 0.6) is 0 Å². The molecule has 2 aromatic rings.